The molecule has 0 radical (unpaired) electrons. The van der Waals surface area contributed by atoms with Gasteiger partial charge in [0.15, 0.2) is 0 Å². The molecule has 0 heterocycles. The van der Waals surface area contributed by atoms with E-state index >= 15 is 0 Å². The number of hydrogen-bond donors (Lipinski definition) is 1. The number of aryl methyl sites for hydroxylation is 1. The van der Waals surface area contributed by atoms with Crippen molar-refractivity contribution in [1.82, 2.24) is 0 Å². The first-order chi connectivity index (χ1) is 8.81. The second-order valence-electron chi connectivity index (χ2n) is 4.67. The zero-order valence-electron chi connectivity index (χ0n) is 11.0. The average Bonchev–Trinajstić information content (AvgIpc) is 2.39. The van der Waals surface area contributed by atoms with Crippen molar-refractivity contribution in [2.75, 3.05) is 19.8 Å². The van der Waals surface area contributed by atoms with Crippen LogP contribution in [0.2, 0.25) is 0 Å². The molecule has 0 aromatic heterocycles. The first-order valence-corrected chi connectivity index (χ1v) is 6.82. The molecule has 0 unspecified atom stereocenters. The second kappa shape index (κ2) is 6.76. The number of aliphatic hydroxyl groups excluding tert-OH is 1. The standard InChI is InChI=1S/C15H22O3/c1-2-17-9-4-10-18-13-8-7-12-5-3-6-15(16)14(12)11-13/h7-8,11,15-16H,2-6,9-10H2,1H3/t15-/m1/s1. The normalized spacial score (nSPS) is 18.4. The van der Waals surface area contributed by atoms with Crippen LogP contribution >= 0.6 is 0 Å². The predicted octanol–water partition coefficient (Wildman–Crippen LogP) is 2.86. The Morgan fingerprint density at radius 2 is 2.22 bits per heavy atom. The highest BCUT2D eigenvalue weighted by Gasteiger charge is 2.18. The summed E-state index contributed by atoms with van der Waals surface area (Å²) in [5, 5.41) is 9.95. The van der Waals surface area contributed by atoms with Gasteiger partial charge in [-0.3, -0.25) is 0 Å². The Hall–Kier alpha value is -1.06. The Morgan fingerprint density at radius 3 is 3.06 bits per heavy atom. The van der Waals surface area contributed by atoms with Gasteiger partial charge in [-0.15, -0.1) is 0 Å². The lowest BCUT2D eigenvalue weighted by Crippen LogP contribution is -2.10. The summed E-state index contributed by atoms with van der Waals surface area (Å²) in [6.07, 6.45) is 3.58. The van der Waals surface area contributed by atoms with Gasteiger partial charge < -0.3 is 14.6 Å². The van der Waals surface area contributed by atoms with Crippen molar-refractivity contribution in [2.45, 2.75) is 38.7 Å². The van der Waals surface area contributed by atoms with Crippen LogP contribution in [0.4, 0.5) is 0 Å². The zero-order valence-corrected chi connectivity index (χ0v) is 11.0. The molecule has 18 heavy (non-hydrogen) atoms. The van der Waals surface area contributed by atoms with Crippen molar-refractivity contribution in [2.24, 2.45) is 0 Å². The Labute approximate surface area is 109 Å². The van der Waals surface area contributed by atoms with Gasteiger partial charge in [-0.05, 0) is 49.4 Å². The lowest BCUT2D eigenvalue weighted by atomic mass is 9.89. The summed E-state index contributed by atoms with van der Waals surface area (Å²) in [4.78, 5) is 0. The van der Waals surface area contributed by atoms with Gasteiger partial charge in [-0.25, -0.2) is 0 Å². The fraction of sp³-hybridized carbons (Fsp3) is 0.600. The number of rotatable bonds is 6. The summed E-state index contributed by atoms with van der Waals surface area (Å²) in [7, 11) is 0. The van der Waals surface area contributed by atoms with E-state index in [1.807, 2.05) is 19.1 Å². The highest BCUT2D eigenvalue weighted by atomic mass is 16.5. The topological polar surface area (TPSA) is 38.7 Å². The van der Waals surface area contributed by atoms with Crippen LogP contribution < -0.4 is 4.74 Å². The van der Waals surface area contributed by atoms with Crippen LogP contribution in [-0.4, -0.2) is 24.9 Å². The van der Waals surface area contributed by atoms with Gasteiger partial charge in [0.25, 0.3) is 0 Å². The van der Waals surface area contributed by atoms with Gasteiger partial charge in [-0.1, -0.05) is 6.07 Å². The molecule has 0 saturated carbocycles. The largest absolute Gasteiger partial charge is 0.493 e. The van der Waals surface area contributed by atoms with Crippen LogP contribution in [0, 0.1) is 0 Å². The Balaban J connectivity index is 1.88. The van der Waals surface area contributed by atoms with Crippen molar-refractivity contribution < 1.29 is 14.6 Å². The summed E-state index contributed by atoms with van der Waals surface area (Å²) >= 11 is 0. The third-order valence-electron chi connectivity index (χ3n) is 3.31. The molecule has 2 rings (SSSR count). The van der Waals surface area contributed by atoms with Crippen LogP contribution in [0.15, 0.2) is 18.2 Å². The Bertz CT molecular complexity index is 376. The summed E-state index contributed by atoms with van der Waals surface area (Å²) in [6, 6.07) is 6.06. The van der Waals surface area contributed by atoms with Crippen molar-refractivity contribution in [3.8, 4) is 5.75 Å². The number of aliphatic hydroxyl groups is 1. The number of fused-ring (bicyclic) bond motifs is 1. The predicted molar refractivity (Wildman–Crippen MR) is 70.9 cm³/mol. The lowest BCUT2D eigenvalue weighted by molar-refractivity contribution is 0.130. The average molecular weight is 250 g/mol. The highest BCUT2D eigenvalue weighted by Crippen LogP contribution is 2.32. The monoisotopic (exact) mass is 250 g/mol. The molecule has 1 aliphatic carbocycles. The van der Waals surface area contributed by atoms with Crippen LogP contribution in [0.25, 0.3) is 0 Å². The van der Waals surface area contributed by atoms with Crippen molar-refractivity contribution >= 4 is 0 Å². The molecule has 3 nitrogen and oxygen atoms in total. The molecule has 0 fully saturated rings. The minimum atomic E-state index is -0.319. The molecule has 1 aromatic rings. The molecular weight excluding hydrogens is 228 g/mol. The van der Waals surface area contributed by atoms with Crippen LogP contribution in [0.3, 0.4) is 0 Å². The van der Waals surface area contributed by atoms with Gasteiger partial charge in [0.05, 0.1) is 12.7 Å². The van der Waals surface area contributed by atoms with E-state index < -0.39 is 0 Å². The van der Waals surface area contributed by atoms with Gasteiger partial charge >= 0.3 is 0 Å². The third kappa shape index (κ3) is 3.47. The molecule has 0 amide bonds. The molecule has 1 aliphatic rings. The molecule has 3 heteroatoms. The van der Waals surface area contributed by atoms with E-state index in [1.165, 1.54) is 5.56 Å². The maximum absolute atomic E-state index is 9.95. The van der Waals surface area contributed by atoms with E-state index in [-0.39, 0.29) is 6.10 Å². The smallest absolute Gasteiger partial charge is 0.119 e. The first kappa shape index (κ1) is 13.4. The van der Waals surface area contributed by atoms with E-state index in [4.69, 9.17) is 9.47 Å². The summed E-state index contributed by atoms with van der Waals surface area (Å²) in [5.41, 5.74) is 2.30. The Morgan fingerprint density at radius 1 is 1.33 bits per heavy atom. The van der Waals surface area contributed by atoms with Crippen molar-refractivity contribution in [1.29, 1.82) is 0 Å². The molecule has 1 aromatic carbocycles. The number of hydrogen-bond acceptors (Lipinski definition) is 3. The highest BCUT2D eigenvalue weighted by molar-refractivity contribution is 5.38. The molecule has 0 aliphatic heterocycles. The maximum Gasteiger partial charge on any atom is 0.119 e. The summed E-state index contributed by atoms with van der Waals surface area (Å²) in [5.74, 6) is 0.853. The van der Waals surface area contributed by atoms with Gasteiger partial charge in [0, 0.05) is 19.6 Å². The fourth-order valence-corrected chi connectivity index (χ4v) is 2.34. The molecule has 100 valence electrons. The molecule has 1 atom stereocenters. The SMILES string of the molecule is CCOCCCOc1ccc2c(c1)[C@H](O)CCC2. The van der Waals surface area contributed by atoms with Gasteiger partial charge in [0.2, 0.25) is 0 Å². The molecular formula is C15H22O3. The first-order valence-electron chi connectivity index (χ1n) is 6.82. The fourth-order valence-electron chi connectivity index (χ4n) is 2.34. The summed E-state index contributed by atoms with van der Waals surface area (Å²) < 4.78 is 10.9. The maximum atomic E-state index is 9.95. The van der Waals surface area contributed by atoms with E-state index in [0.717, 1.165) is 50.2 Å². The minimum absolute atomic E-state index is 0.319. The number of ether oxygens (including phenoxy) is 2. The second-order valence-corrected chi connectivity index (χ2v) is 4.67. The number of benzene rings is 1. The Kier molecular flexibility index (Phi) is 5.02. The van der Waals surface area contributed by atoms with Crippen LogP contribution in [0.1, 0.15) is 43.4 Å². The van der Waals surface area contributed by atoms with E-state index in [1.54, 1.807) is 0 Å². The van der Waals surface area contributed by atoms with E-state index in [2.05, 4.69) is 6.07 Å². The molecule has 1 N–H and O–H groups in total. The van der Waals surface area contributed by atoms with Gasteiger partial charge in [0.1, 0.15) is 5.75 Å². The quantitative estimate of drug-likeness (QED) is 0.789. The zero-order chi connectivity index (χ0) is 12.8. The third-order valence-corrected chi connectivity index (χ3v) is 3.31. The van der Waals surface area contributed by atoms with E-state index in [9.17, 15) is 5.11 Å². The van der Waals surface area contributed by atoms with E-state index in [0.29, 0.717) is 6.61 Å². The van der Waals surface area contributed by atoms with Crippen LogP contribution in [0.5, 0.6) is 5.75 Å². The van der Waals surface area contributed by atoms with Crippen molar-refractivity contribution in [3.05, 3.63) is 29.3 Å². The molecule has 0 spiro atoms. The van der Waals surface area contributed by atoms with Crippen molar-refractivity contribution in [3.63, 3.8) is 0 Å². The summed E-state index contributed by atoms with van der Waals surface area (Å²) in [6.45, 7) is 4.15. The van der Waals surface area contributed by atoms with Crippen LogP contribution in [-0.2, 0) is 11.2 Å². The molecule has 0 saturated heterocycles. The van der Waals surface area contributed by atoms with Gasteiger partial charge in [-0.2, -0.15) is 0 Å². The lowest BCUT2D eigenvalue weighted by Gasteiger charge is -2.22. The molecule has 0 bridgehead atoms. The minimum Gasteiger partial charge on any atom is -0.493 e.